The number of aromatic nitrogens is 1. The van der Waals surface area contributed by atoms with Crippen molar-refractivity contribution in [2.75, 3.05) is 0 Å². The van der Waals surface area contributed by atoms with Gasteiger partial charge in [0.1, 0.15) is 12.4 Å². The Balaban J connectivity index is 1.34. The lowest BCUT2D eigenvalue weighted by atomic mass is 9.83. The molecule has 0 bridgehead atoms. The quantitative estimate of drug-likeness (QED) is 0.190. The summed E-state index contributed by atoms with van der Waals surface area (Å²) in [5.74, 6) is 0.659. The molecule has 1 aliphatic heterocycles. The van der Waals surface area contributed by atoms with Crippen molar-refractivity contribution >= 4 is 62.2 Å². The zero-order valence-electron chi connectivity index (χ0n) is 22.2. The highest BCUT2D eigenvalue weighted by Crippen LogP contribution is 2.41. The van der Waals surface area contributed by atoms with Gasteiger partial charge in [0.05, 0.1) is 16.3 Å². The molecule has 4 aromatic carbocycles. The number of nitrogens with zero attached hydrogens (tertiary/aromatic N) is 2. The van der Waals surface area contributed by atoms with Gasteiger partial charge in [-0.15, -0.1) is 0 Å². The maximum absolute atomic E-state index is 14.1. The predicted molar refractivity (Wildman–Crippen MR) is 174 cm³/mol. The van der Waals surface area contributed by atoms with Crippen LogP contribution in [0.2, 0.25) is 10.0 Å². The first-order valence-corrected chi connectivity index (χ1v) is 15.9. The van der Waals surface area contributed by atoms with E-state index in [1.807, 2.05) is 53.1 Å². The molecule has 7 rings (SSSR count). The van der Waals surface area contributed by atoms with Crippen LogP contribution in [0.15, 0.2) is 111 Å². The molecule has 42 heavy (non-hydrogen) atoms. The predicted octanol–water partition coefficient (Wildman–Crippen LogP) is 7.97. The van der Waals surface area contributed by atoms with Crippen LogP contribution in [0, 0.1) is 0 Å². The molecular weight excluding hydrogens is 651 g/mol. The maximum Gasteiger partial charge on any atom is 0.271 e. The SMILES string of the molecule is O=c1/c(=C/c2ccccc2OCc2ccc(Cl)cc2Cl)sc2n1[C@@H](c1ccc(Br)cc1)C1=C(N=2)c2ccccc2CC1. The Kier molecular flexibility index (Phi) is 7.40. The van der Waals surface area contributed by atoms with Crippen molar-refractivity contribution in [3.8, 4) is 5.75 Å². The second-order valence-corrected chi connectivity index (χ2v) is 13.0. The second-order valence-electron chi connectivity index (χ2n) is 10.2. The van der Waals surface area contributed by atoms with Gasteiger partial charge in [0.15, 0.2) is 4.80 Å². The summed E-state index contributed by atoms with van der Waals surface area (Å²) in [5, 5.41) is 1.12. The fraction of sp³-hybridized carbons (Fsp3) is 0.118. The first kappa shape index (κ1) is 27.4. The van der Waals surface area contributed by atoms with E-state index >= 15 is 0 Å². The summed E-state index contributed by atoms with van der Waals surface area (Å²) in [7, 11) is 0. The number of allylic oxidation sites excluding steroid dienone is 1. The van der Waals surface area contributed by atoms with Gasteiger partial charge in [0.25, 0.3) is 5.56 Å². The molecule has 0 spiro atoms. The van der Waals surface area contributed by atoms with Crippen molar-refractivity contribution in [1.82, 2.24) is 4.57 Å². The van der Waals surface area contributed by atoms with Crippen molar-refractivity contribution < 1.29 is 4.74 Å². The summed E-state index contributed by atoms with van der Waals surface area (Å²) in [6.45, 7) is 0.276. The fourth-order valence-electron chi connectivity index (χ4n) is 5.63. The molecule has 8 heteroatoms. The van der Waals surface area contributed by atoms with Crippen molar-refractivity contribution in [2.45, 2.75) is 25.5 Å². The molecular formula is C34H23BrCl2N2O2S. The summed E-state index contributed by atoms with van der Waals surface area (Å²) in [6.07, 6.45) is 3.67. The zero-order valence-corrected chi connectivity index (χ0v) is 26.1. The van der Waals surface area contributed by atoms with Crippen LogP contribution in [0.5, 0.6) is 5.75 Å². The lowest BCUT2D eigenvalue weighted by Crippen LogP contribution is -2.38. The fourth-order valence-corrected chi connectivity index (χ4v) is 7.35. The first-order valence-electron chi connectivity index (χ1n) is 13.5. The van der Waals surface area contributed by atoms with E-state index in [9.17, 15) is 4.79 Å². The third-order valence-electron chi connectivity index (χ3n) is 7.66. The van der Waals surface area contributed by atoms with Gasteiger partial charge in [-0.05, 0) is 65.9 Å². The number of benzene rings is 4. The van der Waals surface area contributed by atoms with Crippen LogP contribution in [0.25, 0.3) is 11.8 Å². The molecule has 208 valence electrons. The van der Waals surface area contributed by atoms with Crippen LogP contribution in [0.1, 0.15) is 40.3 Å². The highest BCUT2D eigenvalue weighted by Gasteiger charge is 2.32. The zero-order chi connectivity index (χ0) is 28.8. The van der Waals surface area contributed by atoms with E-state index < -0.39 is 0 Å². The minimum atomic E-state index is -0.224. The van der Waals surface area contributed by atoms with Crippen LogP contribution in [-0.4, -0.2) is 4.57 Å². The summed E-state index contributed by atoms with van der Waals surface area (Å²) in [5.41, 5.74) is 7.25. The summed E-state index contributed by atoms with van der Waals surface area (Å²) in [6, 6.07) is 29.5. The van der Waals surface area contributed by atoms with Gasteiger partial charge in [0.2, 0.25) is 0 Å². The van der Waals surface area contributed by atoms with Crippen molar-refractivity contribution in [2.24, 2.45) is 4.99 Å². The number of thiazole rings is 1. The number of hydrogen-bond donors (Lipinski definition) is 0. The minimum Gasteiger partial charge on any atom is -0.488 e. The molecule has 1 atom stereocenters. The van der Waals surface area contributed by atoms with Gasteiger partial charge < -0.3 is 4.74 Å². The minimum absolute atomic E-state index is 0.0624. The third kappa shape index (κ3) is 5.07. The van der Waals surface area contributed by atoms with Gasteiger partial charge in [-0.2, -0.15) is 0 Å². The van der Waals surface area contributed by atoms with Gasteiger partial charge in [0, 0.05) is 31.2 Å². The Morgan fingerprint density at radius 2 is 1.76 bits per heavy atom. The Hall–Kier alpha value is -3.42. The number of rotatable bonds is 5. The van der Waals surface area contributed by atoms with Gasteiger partial charge >= 0.3 is 0 Å². The smallest absolute Gasteiger partial charge is 0.271 e. The lowest BCUT2D eigenvalue weighted by molar-refractivity contribution is 0.305. The van der Waals surface area contributed by atoms with E-state index in [0.29, 0.717) is 25.1 Å². The molecule has 2 heterocycles. The first-order chi connectivity index (χ1) is 20.5. The van der Waals surface area contributed by atoms with E-state index in [-0.39, 0.29) is 18.2 Å². The van der Waals surface area contributed by atoms with Crippen LogP contribution >= 0.6 is 50.5 Å². The molecule has 0 fully saturated rings. The lowest BCUT2D eigenvalue weighted by Gasteiger charge is -2.30. The van der Waals surface area contributed by atoms with Crippen molar-refractivity contribution in [1.29, 1.82) is 0 Å². The largest absolute Gasteiger partial charge is 0.488 e. The number of aryl methyl sites for hydroxylation is 1. The molecule has 5 aromatic rings. The number of para-hydroxylation sites is 1. The van der Waals surface area contributed by atoms with E-state index in [1.165, 1.54) is 22.5 Å². The molecule has 2 aliphatic rings. The average molecular weight is 674 g/mol. The molecule has 0 N–H and O–H groups in total. The number of hydrogen-bond acceptors (Lipinski definition) is 4. The van der Waals surface area contributed by atoms with Crippen LogP contribution in [0.3, 0.4) is 0 Å². The standard InChI is InChI=1S/C34H23BrCl2N2O2S/c35-24-13-9-21(10-14-24)32-27-16-12-20-5-1-3-7-26(20)31(27)38-34-39(32)33(40)30(42-34)17-22-6-2-4-8-29(22)41-19-23-11-15-25(36)18-28(23)37/h1-11,13-15,17-18,32H,12,16,19H2/b30-17-/t32-/m0/s1. The molecule has 0 radical (unpaired) electrons. The highest BCUT2D eigenvalue weighted by atomic mass is 79.9. The van der Waals surface area contributed by atoms with Crippen molar-refractivity contribution in [3.63, 3.8) is 0 Å². The average Bonchev–Trinajstić information content (AvgIpc) is 3.31. The Morgan fingerprint density at radius 1 is 0.976 bits per heavy atom. The third-order valence-corrected chi connectivity index (χ3v) is 9.76. The van der Waals surface area contributed by atoms with Crippen LogP contribution < -0.4 is 19.6 Å². The topological polar surface area (TPSA) is 43.6 Å². The Bertz CT molecular complexity index is 2060. The summed E-state index contributed by atoms with van der Waals surface area (Å²) in [4.78, 5) is 19.9. The summed E-state index contributed by atoms with van der Waals surface area (Å²) >= 11 is 17.4. The molecule has 4 nitrogen and oxygen atoms in total. The van der Waals surface area contributed by atoms with E-state index in [4.69, 9.17) is 32.9 Å². The molecule has 0 saturated carbocycles. The highest BCUT2D eigenvalue weighted by molar-refractivity contribution is 9.10. The summed E-state index contributed by atoms with van der Waals surface area (Å²) < 4.78 is 9.64. The van der Waals surface area contributed by atoms with Gasteiger partial charge in [-0.3, -0.25) is 9.36 Å². The monoisotopic (exact) mass is 672 g/mol. The molecule has 0 saturated heterocycles. The molecule has 0 amide bonds. The van der Waals surface area contributed by atoms with Crippen LogP contribution in [-0.2, 0) is 13.0 Å². The Morgan fingerprint density at radius 3 is 2.60 bits per heavy atom. The van der Waals surface area contributed by atoms with Gasteiger partial charge in [-0.1, -0.05) is 111 Å². The van der Waals surface area contributed by atoms with E-state index in [1.54, 1.807) is 12.1 Å². The number of fused-ring (bicyclic) bond motifs is 3. The van der Waals surface area contributed by atoms with E-state index in [2.05, 4.69) is 52.3 Å². The number of ether oxygens (including phenoxy) is 1. The van der Waals surface area contributed by atoms with E-state index in [0.717, 1.165) is 45.3 Å². The second kappa shape index (κ2) is 11.3. The number of halogens is 3. The molecule has 1 aliphatic carbocycles. The maximum atomic E-state index is 14.1. The van der Waals surface area contributed by atoms with Crippen LogP contribution in [0.4, 0.5) is 0 Å². The molecule has 0 unspecified atom stereocenters. The normalized spacial score (nSPS) is 16.0. The van der Waals surface area contributed by atoms with Gasteiger partial charge in [-0.25, -0.2) is 4.99 Å². The Labute approximate surface area is 265 Å². The van der Waals surface area contributed by atoms with Crippen molar-refractivity contribution in [3.05, 3.63) is 159 Å². The molecule has 1 aromatic heterocycles.